The lowest BCUT2D eigenvalue weighted by molar-refractivity contribution is -0.274. The molecule has 2 aromatic rings. The van der Waals surface area contributed by atoms with E-state index in [-0.39, 0.29) is 22.5 Å². The Labute approximate surface area is 118 Å². The Kier molecular flexibility index (Phi) is 3.97. The molecular weight excluding hydrogens is 288 g/mol. The first-order valence-corrected chi connectivity index (χ1v) is 5.93. The molecule has 110 valence electrons. The number of halogens is 4. The Bertz CT molecular complexity index is 678. The fraction of sp³-hybridized carbons (Fsp3) is 0.133. The van der Waals surface area contributed by atoms with Gasteiger partial charge in [-0.3, -0.25) is 4.79 Å². The summed E-state index contributed by atoms with van der Waals surface area (Å²) in [6, 6.07) is 8.60. The summed E-state index contributed by atoms with van der Waals surface area (Å²) in [7, 11) is 0. The summed E-state index contributed by atoms with van der Waals surface area (Å²) in [6.07, 6.45) is -4.88. The summed E-state index contributed by atoms with van der Waals surface area (Å²) in [5.74, 6) is -1.53. The third-order valence-corrected chi connectivity index (χ3v) is 2.76. The third kappa shape index (κ3) is 3.59. The summed E-state index contributed by atoms with van der Waals surface area (Å²) in [5.41, 5.74) is 0.177. The van der Waals surface area contributed by atoms with E-state index in [1.165, 1.54) is 31.2 Å². The average molecular weight is 298 g/mol. The van der Waals surface area contributed by atoms with Crippen molar-refractivity contribution in [3.05, 3.63) is 53.8 Å². The highest BCUT2D eigenvalue weighted by Gasteiger charge is 2.32. The van der Waals surface area contributed by atoms with Crippen molar-refractivity contribution in [2.45, 2.75) is 13.3 Å². The first-order valence-electron chi connectivity index (χ1n) is 5.93. The fourth-order valence-electron chi connectivity index (χ4n) is 1.95. The number of carbonyl (C=O) groups excluding carboxylic acids is 1. The van der Waals surface area contributed by atoms with E-state index in [0.717, 1.165) is 18.2 Å². The number of ketones is 1. The molecule has 0 N–H and O–H groups in total. The quantitative estimate of drug-likeness (QED) is 0.612. The van der Waals surface area contributed by atoms with Crippen molar-refractivity contribution >= 4 is 5.78 Å². The number of benzene rings is 2. The number of hydrogen-bond acceptors (Lipinski definition) is 2. The molecule has 0 aliphatic heterocycles. The van der Waals surface area contributed by atoms with Gasteiger partial charge in [0.05, 0.1) is 0 Å². The summed E-state index contributed by atoms with van der Waals surface area (Å²) in [6.45, 7) is 1.25. The maximum atomic E-state index is 13.4. The summed E-state index contributed by atoms with van der Waals surface area (Å²) >= 11 is 0. The minimum Gasteiger partial charge on any atom is -0.405 e. The molecule has 2 nitrogen and oxygen atoms in total. The summed E-state index contributed by atoms with van der Waals surface area (Å²) < 4.78 is 54.6. The SMILES string of the molecule is CC(=O)c1ccc(F)cc1-c1ccccc1OC(F)(F)F. The topological polar surface area (TPSA) is 26.3 Å². The molecular formula is C15H10F4O2. The van der Waals surface area contributed by atoms with Crippen molar-refractivity contribution in [3.8, 4) is 16.9 Å². The standard InChI is InChI=1S/C15H10F4O2/c1-9(20)11-7-6-10(16)8-13(11)12-4-2-3-5-14(12)21-15(17,18)19/h2-8H,1H3. The molecule has 0 aliphatic rings. The molecule has 0 amide bonds. The molecule has 0 spiro atoms. The van der Waals surface area contributed by atoms with Crippen LogP contribution in [0.4, 0.5) is 17.6 Å². The highest BCUT2D eigenvalue weighted by molar-refractivity contribution is 6.01. The number of Topliss-reactive ketones (excluding diaryl/α,β-unsaturated/α-hetero) is 1. The molecule has 2 rings (SSSR count). The van der Waals surface area contributed by atoms with Crippen LogP contribution >= 0.6 is 0 Å². The maximum Gasteiger partial charge on any atom is 0.573 e. The van der Waals surface area contributed by atoms with Crippen molar-refractivity contribution in [3.63, 3.8) is 0 Å². The number of carbonyl (C=O) groups is 1. The minimum absolute atomic E-state index is 0.000440. The molecule has 0 atom stereocenters. The Morgan fingerprint density at radius 2 is 1.71 bits per heavy atom. The lowest BCUT2D eigenvalue weighted by atomic mass is 9.96. The van der Waals surface area contributed by atoms with Gasteiger partial charge in [-0.1, -0.05) is 18.2 Å². The monoisotopic (exact) mass is 298 g/mol. The van der Waals surface area contributed by atoms with E-state index in [1.54, 1.807) is 0 Å². The lowest BCUT2D eigenvalue weighted by Gasteiger charge is -2.15. The van der Waals surface area contributed by atoms with Crippen LogP contribution in [0.2, 0.25) is 0 Å². The van der Waals surface area contributed by atoms with Crippen LogP contribution in [0.1, 0.15) is 17.3 Å². The predicted octanol–water partition coefficient (Wildman–Crippen LogP) is 4.59. The van der Waals surface area contributed by atoms with Crippen molar-refractivity contribution in [2.75, 3.05) is 0 Å². The van der Waals surface area contributed by atoms with Crippen LogP contribution in [0.25, 0.3) is 11.1 Å². The molecule has 21 heavy (non-hydrogen) atoms. The molecule has 2 aromatic carbocycles. The number of para-hydroxylation sites is 1. The van der Waals surface area contributed by atoms with Crippen LogP contribution in [0.5, 0.6) is 5.75 Å². The van der Waals surface area contributed by atoms with Gasteiger partial charge >= 0.3 is 6.36 Å². The van der Waals surface area contributed by atoms with Crippen molar-refractivity contribution in [2.24, 2.45) is 0 Å². The van der Waals surface area contributed by atoms with Gasteiger partial charge in [-0.05, 0) is 36.8 Å². The Balaban J connectivity index is 2.62. The van der Waals surface area contributed by atoms with Gasteiger partial charge in [0, 0.05) is 11.1 Å². The molecule has 0 saturated carbocycles. The molecule has 0 heterocycles. The van der Waals surface area contributed by atoms with E-state index in [9.17, 15) is 22.4 Å². The molecule has 0 radical (unpaired) electrons. The van der Waals surface area contributed by atoms with Crippen LogP contribution in [-0.4, -0.2) is 12.1 Å². The Hall–Kier alpha value is -2.37. The zero-order valence-corrected chi connectivity index (χ0v) is 10.9. The Morgan fingerprint density at radius 1 is 1.05 bits per heavy atom. The molecule has 0 fully saturated rings. The van der Waals surface area contributed by atoms with Gasteiger partial charge in [-0.2, -0.15) is 0 Å². The number of alkyl halides is 3. The van der Waals surface area contributed by atoms with Gasteiger partial charge in [0.15, 0.2) is 5.78 Å². The van der Waals surface area contributed by atoms with E-state index >= 15 is 0 Å². The van der Waals surface area contributed by atoms with Gasteiger partial charge < -0.3 is 4.74 Å². The molecule has 0 bridgehead atoms. The predicted molar refractivity (Wildman–Crippen MR) is 68.5 cm³/mol. The molecule has 6 heteroatoms. The lowest BCUT2D eigenvalue weighted by Crippen LogP contribution is -2.17. The minimum atomic E-state index is -4.88. The average Bonchev–Trinajstić information content (AvgIpc) is 2.37. The van der Waals surface area contributed by atoms with E-state index in [1.807, 2.05) is 0 Å². The van der Waals surface area contributed by atoms with Gasteiger partial charge in [-0.25, -0.2) is 4.39 Å². The van der Waals surface area contributed by atoms with Crippen LogP contribution in [0.15, 0.2) is 42.5 Å². The van der Waals surface area contributed by atoms with Crippen molar-refractivity contribution in [1.82, 2.24) is 0 Å². The molecule has 0 saturated heterocycles. The largest absolute Gasteiger partial charge is 0.573 e. The summed E-state index contributed by atoms with van der Waals surface area (Å²) in [5, 5.41) is 0. The zero-order valence-electron chi connectivity index (χ0n) is 10.9. The number of rotatable bonds is 3. The zero-order chi connectivity index (χ0) is 15.6. The van der Waals surface area contributed by atoms with Gasteiger partial charge in [0.25, 0.3) is 0 Å². The van der Waals surface area contributed by atoms with E-state index in [4.69, 9.17) is 0 Å². The first kappa shape index (κ1) is 15.0. The number of ether oxygens (including phenoxy) is 1. The van der Waals surface area contributed by atoms with Gasteiger partial charge in [-0.15, -0.1) is 13.2 Å². The van der Waals surface area contributed by atoms with Crippen LogP contribution in [-0.2, 0) is 0 Å². The van der Waals surface area contributed by atoms with Gasteiger partial charge in [0.1, 0.15) is 11.6 Å². The smallest absolute Gasteiger partial charge is 0.405 e. The summed E-state index contributed by atoms with van der Waals surface area (Å²) in [4.78, 5) is 11.6. The van der Waals surface area contributed by atoms with E-state index < -0.39 is 17.9 Å². The molecule has 0 unspecified atom stereocenters. The second-order valence-electron chi connectivity index (χ2n) is 4.29. The van der Waals surface area contributed by atoms with Crippen LogP contribution < -0.4 is 4.74 Å². The van der Waals surface area contributed by atoms with E-state index in [0.29, 0.717) is 0 Å². The highest BCUT2D eigenvalue weighted by Crippen LogP contribution is 2.35. The normalized spacial score (nSPS) is 11.3. The van der Waals surface area contributed by atoms with Crippen LogP contribution in [0.3, 0.4) is 0 Å². The number of hydrogen-bond donors (Lipinski definition) is 0. The second kappa shape index (κ2) is 5.55. The van der Waals surface area contributed by atoms with Crippen molar-refractivity contribution in [1.29, 1.82) is 0 Å². The molecule has 0 aromatic heterocycles. The van der Waals surface area contributed by atoms with Crippen LogP contribution in [0, 0.1) is 5.82 Å². The Morgan fingerprint density at radius 3 is 2.33 bits per heavy atom. The second-order valence-corrected chi connectivity index (χ2v) is 4.29. The fourth-order valence-corrected chi connectivity index (χ4v) is 1.95. The molecule has 0 aliphatic carbocycles. The highest BCUT2D eigenvalue weighted by atomic mass is 19.4. The van der Waals surface area contributed by atoms with Gasteiger partial charge in [0.2, 0.25) is 0 Å². The van der Waals surface area contributed by atoms with Crippen molar-refractivity contribution < 1.29 is 27.1 Å². The third-order valence-electron chi connectivity index (χ3n) is 2.76. The maximum absolute atomic E-state index is 13.4. The first-order chi connectivity index (χ1) is 9.78. The van der Waals surface area contributed by atoms with E-state index in [2.05, 4.69) is 4.74 Å².